The summed E-state index contributed by atoms with van der Waals surface area (Å²) in [5.41, 5.74) is 6.79. The molecule has 2 N–H and O–H groups in total. The molecular weight excluding hydrogens is 370 g/mol. The molecule has 1 aliphatic carbocycles. The molecule has 1 aliphatic rings. The highest BCUT2D eigenvalue weighted by molar-refractivity contribution is 5.85. The van der Waals surface area contributed by atoms with E-state index < -0.39 is 5.54 Å². The Morgan fingerprint density at radius 1 is 1.00 bits per heavy atom. The monoisotopic (exact) mass is 391 g/mol. The van der Waals surface area contributed by atoms with Gasteiger partial charge in [-0.3, -0.25) is 0 Å². The topological polar surface area (TPSA) is 113 Å². The summed E-state index contributed by atoms with van der Waals surface area (Å²) >= 11 is 0. The Labute approximate surface area is 162 Å². The van der Waals surface area contributed by atoms with Crippen LogP contribution in [0.15, 0.2) is 33.3 Å². The number of nitrogens with two attached hydrogens (primary N) is 1. The second-order valence-electron chi connectivity index (χ2n) is 6.62. The summed E-state index contributed by atoms with van der Waals surface area (Å²) in [6, 6.07) is 7.49. The number of aromatic nitrogens is 4. The van der Waals surface area contributed by atoms with Gasteiger partial charge in [0, 0.05) is 18.4 Å². The molecule has 0 saturated heterocycles. The van der Waals surface area contributed by atoms with E-state index in [2.05, 4.69) is 20.3 Å². The van der Waals surface area contributed by atoms with E-state index in [1.54, 1.807) is 7.11 Å². The summed E-state index contributed by atoms with van der Waals surface area (Å²) in [7, 11) is 1.63. The highest BCUT2D eigenvalue weighted by Gasteiger charge is 2.35. The fourth-order valence-corrected chi connectivity index (χ4v) is 3.22. The highest BCUT2D eigenvalue weighted by Crippen LogP contribution is 2.34. The first-order valence-electron chi connectivity index (χ1n) is 8.75. The lowest BCUT2D eigenvalue weighted by Gasteiger charge is -2.17. The Kier molecular flexibility index (Phi) is 5.76. The van der Waals surface area contributed by atoms with Crippen molar-refractivity contribution in [2.24, 2.45) is 5.73 Å². The van der Waals surface area contributed by atoms with Crippen LogP contribution in [-0.2, 0) is 18.4 Å². The van der Waals surface area contributed by atoms with Gasteiger partial charge in [0.05, 0.1) is 12.6 Å². The van der Waals surface area contributed by atoms with Crippen molar-refractivity contribution in [1.82, 2.24) is 20.3 Å². The van der Waals surface area contributed by atoms with Crippen molar-refractivity contribution in [2.75, 3.05) is 7.11 Å². The predicted octanol–water partition coefficient (Wildman–Crippen LogP) is 3.06. The number of halogens is 1. The van der Waals surface area contributed by atoms with Crippen LogP contribution in [0.25, 0.3) is 11.4 Å². The lowest BCUT2D eigenvalue weighted by molar-refractivity contribution is 0.339. The summed E-state index contributed by atoms with van der Waals surface area (Å²) < 4.78 is 15.8. The van der Waals surface area contributed by atoms with E-state index in [1.807, 2.05) is 24.3 Å². The fourth-order valence-electron chi connectivity index (χ4n) is 3.22. The van der Waals surface area contributed by atoms with Crippen molar-refractivity contribution in [1.29, 1.82) is 0 Å². The lowest BCUT2D eigenvalue weighted by atomic mass is 9.99. The molecule has 9 heteroatoms. The summed E-state index contributed by atoms with van der Waals surface area (Å²) in [6.45, 7) is 0. The third kappa shape index (κ3) is 4.12. The van der Waals surface area contributed by atoms with Crippen LogP contribution in [0.4, 0.5) is 0 Å². The Hall–Kier alpha value is -2.45. The number of benzene rings is 1. The average Bonchev–Trinajstić information content (AvgIpc) is 3.41. The number of ether oxygens (including phenoxy) is 1. The zero-order chi connectivity index (χ0) is 18.0. The van der Waals surface area contributed by atoms with E-state index in [0.29, 0.717) is 36.3 Å². The van der Waals surface area contributed by atoms with Crippen LogP contribution in [0.1, 0.15) is 43.3 Å². The molecule has 0 atom stereocenters. The maximum absolute atomic E-state index is 6.35. The van der Waals surface area contributed by atoms with Crippen molar-refractivity contribution < 1.29 is 13.8 Å². The van der Waals surface area contributed by atoms with Crippen LogP contribution in [-0.4, -0.2) is 27.4 Å². The molecule has 0 amide bonds. The van der Waals surface area contributed by atoms with Gasteiger partial charge in [-0.15, -0.1) is 12.4 Å². The van der Waals surface area contributed by atoms with E-state index in [4.69, 9.17) is 19.5 Å². The largest absolute Gasteiger partial charge is 0.497 e. The van der Waals surface area contributed by atoms with Crippen molar-refractivity contribution in [3.8, 4) is 17.1 Å². The van der Waals surface area contributed by atoms with Crippen LogP contribution in [0, 0.1) is 0 Å². The number of hydrogen-bond acceptors (Lipinski definition) is 8. The minimum absolute atomic E-state index is 0. The van der Waals surface area contributed by atoms with E-state index in [0.717, 1.165) is 37.0 Å². The first kappa shape index (κ1) is 19.3. The zero-order valence-corrected chi connectivity index (χ0v) is 15.9. The molecule has 0 radical (unpaired) electrons. The zero-order valence-electron chi connectivity index (χ0n) is 15.1. The number of methoxy groups -OCH3 is 1. The van der Waals surface area contributed by atoms with Gasteiger partial charge in [-0.05, 0) is 37.1 Å². The van der Waals surface area contributed by atoms with E-state index in [9.17, 15) is 0 Å². The molecule has 1 aromatic carbocycles. The number of aryl methyl sites for hydroxylation is 2. The van der Waals surface area contributed by atoms with E-state index in [1.165, 1.54) is 0 Å². The molecule has 8 nitrogen and oxygen atoms in total. The Bertz CT molecular complexity index is 871. The highest BCUT2D eigenvalue weighted by atomic mass is 35.5. The fraction of sp³-hybridized carbons (Fsp3) is 0.444. The molecule has 1 fully saturated rings. The predicted molar refractivity (Wildman–Crippen MR) is 99.6 cm³/mol. The third-order valence-electron chi connectivity index (χ3n) is 4.78. The van der Waals surface area contributed by atoms with Gasteiger partial charge in [-0.2, -0.15) is 9.97 Å². The van der Waals surface area contributed by atoms with Crippen LogP contribution in [0.3, 0.4) is 0 Å². The van der Waals surface area contributed by atoms with Crippen molar-refractivity contribution >= 4 is 12.4 Å². The van der Waals surface area contributed by atoms with Gasteiger partial charge < -0.3 is 19.5 Å². The third-order valence-corrected chi connectivity index (χ3v) is 4.78. The summed E-state index contributed by atoms with van der Waals surface area (Å²) in [5, 5.41) is 8.08. The Morgan fingerprint density at radius 3 is 2.30 bits per heavy atom. The maximum atomic E-state index is 6.35. The second-order valence-corrected chi connectivity index (χ2v) is 6.62. The maximum Gasteiger partial charge on any atom is 0.227 e. The molecule has 4 rings (SSSR count). The summed E-state index contributed by atoms with van der Waals surface area (Å²) in [5.74, 6) is 3.00. The molecule has 144 valence electrons. The van der Waals surface area contributed by atoms with E-state index >= 15 is 0 Å². The van der Waals surface area contributed by atoms with Crippen molar-refractivity contribution in [2.45, 2.75) is 44.1 Å². The molecular formula is C18H22ClN5O3. The smallest absolute Gasteiger partial charge is 0.227 e. The van der Waals surface area contributed by atoms with Crippen LogP contribution >= 0.6 is 12.4 Å². The molecule has 0 bridgehead atoms. The van der Waals surface area contributed by atoms with Gasteiger partial charge in [-0.1, -0.05) is 23.2 Å². The van der Waals surface area contributed by atoms with Crippen molar-refractivity contribution in [3.63, 3.8) is 0 Å². The van der Waals surface area contributed by atoms with E-state index in [-0.39, 0.29) is 12.4 Å². The average molecular weight is 392 g/mol. The molecule has 3 aromatic rings. The quantitative estimate of drug-likeness (QED) is 0.681. The van der Waals surface area contributed by atoms with Crippen LogP contribution in [0.5, 0.6) is 5.75 Å². The first-order valence-corrected chi connectivity index (χ1v) is 8.75. The molecule has 27 heavy (non-hydrogen) atoms. The second kappa shape index (κ2) is 8.06. The normalized spacial score (nSPS) is 15.5. The summed E-state index contributed by atoms with van der Waals surface area (Å²) in [6.07, 6.45) is 5.09. The Morgan fingerprint density at radius 2 is 1.63 bits per heavy atom. The Balaban J connectivity index is 0.00000210. The van der Waals surface area contributed by atoms with Gasteiger partial charge in [0.2, 0.25) is 17.6 Å². The van der Waals surface area contributed by atoms with Crippen molar-refractivity contribution in [3.05, 3.63) is 41.9 Å². The standard InChI is InChI=1S/C18H21N5O3.ClH/c1-24-13-6-4-12(5-7-13)16-20-14(25-22-16)8-9-15-21-17(23-26-15)18(19)10-2-3-11-18;/h4-7H,2-3,8-11,19H2,1H3;1H. The summed E-state index contributed by atoms with van der Waals surface area (Å²) in [4.78, 5) is 8.87. The minimum atomic E-state index is -0.437. The van der Waals surface area contributed by atoms with Gasteiger partial charge in [0.25, 0.3) is 0 Å². The molecule has 0 unspecified atom stereocenters. The lowest BCUT2D eigenvalue weighted by Crippen LogP contribution is -2.34. The van der Waals surface area contributed by atoms with Gasteiger partial charge in [-0.25, -0.2) is 0 Å². The van der Waals surface area contributed by atoms with Crippen LogP contribution in [0.2, 0.25) is 0 Å². The molecule has 0 aliphatic heterocycles. The number of hydrogen-bond donors (Lipinski definition) is 1. The first-order chi connectivity index (χ1) is 12.7. The van der Waals surface area contributed by atoms with Gasteiger partial charge in [0.15, 0.2) is 5.82 Å². The number of nitrogens with zero attached hydrogens (tertiary/aromatic N) is 4. The molecule has 1 saturated carbocycles. The SMILES string of the molecule is COc1ccc(-c2noc(CCc3nc(C4(N)CCCC4)no3)n2)cc1.Cl. The molecule has 0 spiro atoms. The van der Waals surface area contributed by atoms with Gasteiger partial charge in [0.1, 0.15) is 5.75 Å². The molecule has 2 heterocycles. The van der Waals surface area contributed by atoms with Crippen LogP contribution < -0.4 is 10.5 Å². The molecule has 2 aromatic heterocycles. The number of rotatable bonds is 6. The van der Waals surface area contributed by atoms with Gasteiger partial charge >= 0.3 is 0 Å². The minimum Gasteiger partial charge on any atom is -0.497 e.